The third-order valence-corrected chi connectivity index (χ3v) is 5.87. The maximum atomic E-state index is 12.2. The number of methoxy groups -OCH3 is 1. The Morgan fingerprint density at radius 2 is 2.00 bits per heavy atom. The number of aromatic nitrogens is 2. The van der Waals surface area contributed by atoms with Crippen molar-refractivity contribution in [1.29, 1.82) is 0 Å². The highest BCUT2D eigenvalue weighted by Gasteiger charge is 2.29. The first-order chi connectivity index (χ1) is 13.6. The number of hydrogen-bond donors (Lipinski definition) is 0. The van der Waals surface area contributed by atoms with E-state index in [1.54, 1.807) is 13.4 Å². The van der Waals surface area contributed by atoms with Crippen LogP contribution in [-0.4, -0.2) is 85.7 Å². The number of ether oxygens (including phenoxy) is 1. The molecule has 1 atom stereocenters. The second-order valence-electron chi connectivity index (χ2n) is 7.95. The molecule has 0 radical (unpaired) electrons. The van der Waals surface area contributed by atoms with E-state index >= 15 is 0 Å². The van der Waals surface area contributed by atoms with Gasteiger partial charge in [0, 0.05) is 58.2 Å². The largest absolute Gasteiger partial charge is 0.383 e. The Hall–Kier alpha value is -2.25. The van der Waals surface area contributed by atoms with Gasteiger partial charge in [0.15, 0.2) is 0 Å². The third-order valence-electron chi connectivity index (χ3n) is 5.87. The van der Waals surface area contributed by atoms with Crippen molar-refractivity contribution >= 4 is 22.6 Å². The van der Waals surface area contributed by atoms with Gasteiger partial charge in [-0.3, -0.25) is 4.79 Å². The van der Waals surface area contributed by atoms with E-state index in [2.05, 4.69) is 45.0 Å². The summed E-state index contributed by atoms with van der Waals surface area (Å²) in [6.07, 6.45) is 3.19. The SMILES string of the molecule is COCCN1C[C@@H](Cc2ccc3ncnc(N4CCN(C)CC4)c3c2)CC1=O. The summed E-state index contributed by atoms with van der Waals surface area (Å²) in [4.78, 5) is 27.9. The molecule has 1 amide bonds. The van der Waals surface area contributed by atoms with Crippen molar-refractivity contribution in [1.82, 2.24) is 19.8 Å². The van der Waals surface area contributed by atoms with Crippen molar-refractivity contribution in [2.75, 3.05) is 64.9 Å². The van der Waals surface area contributed by atoms with Crippen molar-refractivity contribution in [3.05, 3.63) is 30.1 Å². The molecule has 2 saturated heterocycles. The summed E-state index contributed by atoms with van der Waals surface area (Å²) in [5, 5.41) is 1.12. The van der Waals surface area contributed by atoms with Gasteiger partial charge in [-0.05, 0) is 37.1 Å². The van der Waals surface area contributed by atoms with Gasteiger partial charge in [-0.25, -0.2) is 9.97 Å². The second kappa shape index (κ2) is 8.41. The Morgan fingerprint density at radius 3 is 2.79 bits per heavy atom. The number of likely N-dealkylation sites (N-methyl/N-ethyl adjacent to an activating group) is 1. The van der Waals surface area contributed by atoms with Crippen LogP contribution < -0.4 is 4.90 Å². The van der Waals surface area contributed by atoms with Crippen LogP contribution >= 0.6 is 0 Å². The maximum absolute atomic E-state index is 12.2. The molecule has 0 unspecified atom stereocenters. The number of benzene rings is 1. The zero-order chi connectivity index (χ0) is 19.5. The first kappa shape index (κ1) is 19.1. The summed E-state index contributed by atoms with van der Waals surface area (Å²) in [6, 6.07) is 6.46. The zero-order valence-corrected chi connectivity index (χ0v) is 16.8. The minimum atomic E-state index is 0.240. The number of anilines is 1. The lowest BCUT2D eigenvalue weighted by Crippen LogP contribution is -2.44. The summed E-state index contributed by atoms with van der Waals surface area (Å²) in [5.74, 6) is 1.63. The molecular weight excluding hydrogens is 354 g/mol. The molecule has 150 valence electrons. The first-order valence-electron chi connectivity index (χ1n) is 10.1. The van der Waals surface area contributed by atoms with E-state index in [9.17, 15) is 4.79 Å². The van der Waals surface area contributed by atoms with E-state index < -0.39 is 0 Å². The van der Waals surface area contributed by atoms with Gasteiger partial charge in [0.2, 0.25) is 5.91 Å². The Morgan fingerprint density at radius 1 is 1.18 bits per heavy atom. The molecule has 0 saturated carbocycles. The fourth-order valence-electron chi connectivity index (χ4n) is 4.23. The predicted molar refractivity (Wildman–Crippen MR) is 110 cm³/mol. The quantitative estimate of drug-likeness (QED) is 0.752. The van der Waals surface area contributed by atoms with Gasteiger partial charge in [-0.1, -0.05) is 6.07 Å². The lowest BCUT2D eigenvalue weighted by molar-refractivity contribution is -0.128. The van der Waals surface area contributed by atoms with Crippen LogP contribution in [0.25, 0.3) is 10.9 Å². The van der Waals surface area contributed by atoms with Gasteiger partial charge >= 0.3 is 0 Å². The molecule has 0 N–H and O–H groups in total. The highest BCUT2D eigenvalue weighted by atomic mass is 16.5. The van der Waals surface area contributed by atoms with Crippen LogP contribution in [0.5, 0.6) is 0 Å². The van der Waals surface area contributed by atoms with Crippen molar-refractivity contribution in [2.45, 2.75) is 12.8 Å². The molecule has 1 aromatic heterocycles. The van der Waals surface area contributed by atoms with Gasteiger partial charge in [-0.2, -0.15) is 0 Å². The molecule has 4 rings (SSSR count). The predicted octanol–water partition coefficient (Wildman–Crippen LogP) is 1.42. The van der Waals surface area contributed by atoms with Crippen molar-refractivity contribution in [3.63, 3.8) is 0 Å². The van der Waals surface area contributed by atoms with Gasteiger partial charge in [-0.15, -0.1) is 0 Å². The van der Waals surface area contributed by atoms with Crippen LogP contribution in [0.2, 0.25) is 0 Å². The minimum Gasteiger partial charge on any atom is -0.383 e. The van der Waals surface area contributed by atoms with Crippen LogP contribution in [0.4, 0.5) is 5.82 Å². The third kappa shape index (κ3) is 4.10. The molecule has 0 bridgehead atoms. The Balaban J connectivity index is 1.51. The van der Waals surface area contributed by atoms with E-state index in [-0.39, 0.29) is 5.91 Å². The topological polar surface area (TPSA) is 61.8 Å². The molecule has 2 aromatic rings. The molecule has 3 heterocycles. The molecule has 2 aliphatic heterocycles. The van der Waals surface area contributed by atoms with Crippen LogP contribution in [0.15, 0.2) is 24.5 Å². The van der Waals surface area contributed by atoms with Crippen LogP contribution in [0.1, 0.15) is 12.0 Å². The number of carbonyl (C=O) groups is 1. The molecule has 7 nitrogen and oxygen atoms in total. The Kier molecular flexibility index (Phi) is 5.73. The number of likely N-dealkylation sites (tertiary alicyclic amines) is 1. The molecule has 1 aromatic carbocycles. The average Bonchev–Trinajstić information content (AvgIpc) is 3.05. The van der Waals surface area contributed by atoms with Gasteiger partial charge in [0.1, 0.15) is 12.1 Å². The Labute approximate surface area is 166 Å². The van der Waals surface area contributed by atoms with E-state index in [1.807, 2.05) is 4.90 Å². The highest BCUT2D eigenvalue weighted by molar-refractivity contribution is 5.90. The van der Waals surface area contributed by atoms with Crippen LogP contribution in [0, 0.1) is 5.92 Å². The summed E-state index contributed by atoms with van der Waals surface area (Å²) in [5.41, 5.74) is 2.24. The van der Waals surface area contributed by atoms with E-state index in [0.717, 1.165) is 55.9 Å². The van der Waals surface area contributed by atoms with Gasteiger partial charge in [0.25, 0.3) is 0 Å². The number of rotatable bonds is 6. The lowest BCUT2D eigenvalue weighted by Gasteiger charge is -2.33. The number of amides is 1. The fourth-order valence-corrected chi connectivity index (χ4v) is 4.23. The number of piperazine rings is 1. The number of hydrogen-bond acceptors (Lipinski definition) is 6. The summed E-state index contributed by atoms with van der Waals surface area (Å²) in [6.45, 7) is 6.16. The number of nitrogens with zero attached hydrogens (tertiary/aromatic N) is 5. The number of fused-ring (bicyclic) bond motifs is 1. The molecular formula is C21H29N5O2. The van der Waals surface area contributed by atoms with E-state index in [4.69, 9.17) is 4.74 Å². The molecule has 28 heavy (non-hydrogen) atoms. The van der Waals surface area contributed by atoms with Gasteiger partial charge in [0.05, 0.1) is 12.1 Å². The van der Waals surface area contributed by atoms with E-state index in [1.165, 1.54) is 5.56 Å². The zero-order valence-electron chi connectivity index (χ0n) is 16.8. The molecule has 0 spiro atoms. The Bertz CT molecular complexity index is 835. The molecule has 7 heteroatoms. The normalized spacial score (nSPS) is 21.1. The lowest BCUT2D eigenvalue weighted by atomic mass is 9.97. The molecule has 2 aliphatic rings. The van der Waals surface area contributed by atoms with Crippen molar-refractivity contribution < 1.29 is 9.53 Å². The fraction of sp³-hybridized carbons (Fsp3) is 0.571. The first-order valence-corrected chi connectivity index (χ1v) is 10.1. The second-order valence-corrected chi connectivity index (χ2v) is 7.95. The standard InChI is InChI=1S/C21H29N5O2/c1-24-5-7-25(8-6-24)21-18-12-16(3-4-19(18)22-15-23-21)11-17-13-20(27)26(14-17)9-10-28-2/h3-4,12,15,17H,5-11,13-14H2,1-2H3/t17-/m0/s1. The smallest absolute Gasteiger partial charge is 0.223 e. The maximum Gasteiger partial charge on any atom is 0.223 e. The van der Waals surface area contributed by atoms with Crippen molar-refractivity contribution in [2.24, 2.45) is 5.92 Å². The average molecular weight is 383 g/mol. The highest BCUT2D eigenvalue weighted by Crippen LogP contribution is 2.28. The number of carbonyl (C=O) groups excluding carboxylic acids is 1. The van der Waals surface area contributed by atoms with Crippen molar-refractivity contribution in [3.8, 4) is 0 Å². The summed E-state index contributed by atoms with van der Waals surface area (Å²) < 4.78 is 5.12. The van der Waals surface area contributed by atoms with Crippen LogP contribution in [0.3, 0.4) is 0 Å². The van der Waals surface area contributed by atoms with Gasteiger partial charge < -0.3 is 19.4 Å². The van der Waals surface area contributed by atoms with E-state index in [0.29, 0.717) is 25.5 Å². The summed E-state index contributed by atoms with van der Waals surface area (Å²) in [7, 11) is 3.83. The molecule has 2 fully saturated rings. The monoisotopic (exact) mass is 383 g/mol. The summed E-state index contributed by atoms with van der Waals surface area (Å²) >= 11 is 0. The molecule has 0 aliphatic carbocycles. The minimum absolute atomic E-state index is 0.240. The van der Waals surface area contributed by atoms with Crippen LogP contribution in [-0.2, 0) is 16.0 Å².